The Morgan fingerprint density at radius 3 is 2.87 bits per heavy atom. The number of rotatable bonds is 7. The van der Waals surface area contributed by atoms with E-state index >= 15 is 0 Å². The number of aromatic nitrogens is 3. The van der Waals surface area contributed by atoms with Gasteiger partial charge in [0, 0.05) is 28.8 Å². The maximum Gasteiger partial charge on any atom is 0.294 e. The van der Waals surface area contributed by atoms with Gasteiger partial charge in [-0.25, -0.2) is 9.97 Å². The summed E-state index contributed by atoms with van der Waals surface area (Å²) in [6.07, 6.45) is 4.23. The minimum atomic E-state index is -0.856. The number of hydrogen-bond donors (Lipinski definition) is 1. The van der Waals surface area contributed by atoms with Crippen LogP contribution in [0, 0.1) is 10.1 Å². The molecular formula is C20H17N5O4S2. The zero-order valence-corrected chi connectivity index (χ0v) is 17.9. The highest BCUT2D eigenvalue weighted by molar-refractivity contribution is 7.21. The molecule has 1 N–H and O–H groups in total. The van der Waals surface area contributed by atoms with Crippen LogP contribution >= 0.6 is 22.7 Å². The van der Waals surface area contributed by atoms with E-state index in [9.17, 15) is 14.9 Å². The lowest BCUT2D eigenvalue weighted by Crippen LogP contribution is -2.12. The Labute approximate surface area is 184 Å². The Hall–Kier alpha value is -3.31. The first-order valence-electron chi connectivity index (χ1n) is 9.72. The summed E-state index contributed by atoms with van der Waals surface area (Å²) in [6.45, 7) is -0.0991. The molecule has 0 saturated carbocycles. The molecule has 0 atom stereocenters. The average Bonchev–Trinajstić information content (AvgIpc) is 3.43. The molecule has 0 aliphatic heterocycles. The lowest BCUT2D eigenvalue weighted by Gasteiger charge is -2.09. The number of hydrogen-bond acceptors (Lipinski definition) is 8. The van der Waals surface area contributed by atoms with Gasteiger partial charge >= 0.3 is 0 Å². The van der Waals surface area contributed by atoms with Crippen molar-refractivity contribution in [1.29, 1.82) is 0 Å². The number of carbonyl (C=O) groups is 1. The number of benzene rings is 1. The fourth-order valence-electron chi connectivity index (χ4n) is 3.59. The first kappa shape index (κ1) is 19.6. The van der Waals surface area contributed by atoms with E-state index in [1.807, 2.05) is 18.2 Å². The summed E-state index contributed by atoms with van der Waals surface area (Å²) in [5, 5.41) is 12.6. The quantitative estimate of drug-likeness (QED) is 0.254. The van der Waals surface area contributed by atoms with Crippen LogP contribution in [0.1, 0.15) is 23.4 Å². The molecule has 0 unspecified atom stereocenters. The van der Waals surface area contributed by atoms with Gasteiger partial charge in [-0.1, -0.05) is 41.7 Å². The van der Waals surface area contributed by atoms with Crippen molar-refractivity contribution >= 4 is 38.7 Å². The summed E-state index contributed by atoms with van der Waals surface area (Å²) < 4.78 is 2.15. The molecule has 0 spiro atoms. The Balaban J connectivity index is 1.34. The largest absolute Gasteiger partial charge is 0.314 e. The van der Waals surface area contributed by atoms with Crippen molar-refractivity contribution in [2.45, 2.75) is 25.7 Å². The van der Waals surface area contributed by atoms with E-state index < -0.39 is 5.09 Å². The van der Waals surface area contributed by atoms with Crippen LogP contribution < -0.4 is 5.32 Å². The maximum atomic E-state index is 12.1. The van der Waals surface area contributed by atoms with E-state index in [1.54, 1.807) is 11.3 Å². The normalized spacial score (nSPS) is 12.4. The van der Waals surface area contributed by atoms with Crippen molar-refractivity contribution in [2.75, 3.05) is 11.9 Å². The smallest absolute Gasteiger partial charge is 0.294 e. The molecule has 0 radical (unpaired) electrons. The number of aryl methyl sites for hydroxylation is 2. The molecule has 158 valence electrons. The molecule has 5 rings (SSSR count). The van der Waals surface area contributed by atoms with Crippen molar-refractivity contribution in [3.8, 4) is 21.8 Å². The summed E-state index contributed by atoms with van der Waals surface area (Å²) >= 11 is 3.09. The number of nitrogens with zero attached hydrogens (tertiary/aromatic N) is 4. The van der Waals surface area contributed by atoms with Crippen LogP contribution in [0.15, 0.2) is 36.5 Å². The van der Waals surface area contributed by atoms with Gasteiger partial charge in [0.2, 0.25) is 5.91 Å². The van der Waals surface area contributed by atoms with E-state index in [-0.39, 0.29) is 25.4 Å². The molecule has 3 aromatic heterocycles. The van der Waals surface area contributed by atoms with Gasteiger partial charge in [-0.3, -0.25) is 9.20 Å². The van der Waals surface area contributed by atoms with E-state index in [0.29, 0.717) is 5.13 Å². The maximum absolute atomic E-state index is 12.1. The van der Waals surface area contributed by atoms with Crippen LogP contribution in [0.25, 0.3) is 26.8 Å². The first-order chi connectivity index (χ1) is 15.1. The van der Waals surface area contributed by atoms with Gasteiger partial charge in [0.25, 0.3) is 5.09 Å². The van der Waals surface area contributed by atoms with E-state index in [1.165, 1.54) is 17.0 Å². The molecule has 1 aliphatic carbocycles. The number of carbonyl (C=O) groups excluding carboxylic acids is 1. The van der Waals surface area contributed by atoms with Crippen LogP contribution in [-0.4, -0.2) is 32.0 Å². The zero-order valence-electron chi connectivity index (χ0n) is 16.2. The molecule has 0 fully saturated rings. The van der Waals surface area contributed by atoms with Gasteiger partial charge in [0.1, 0.15) is 0 Å². The second-order valence-electron chi connectivity index (χ2n) is 7.02. The summed E-state index contributed by atoms with van der Waals surface area (Å²) in [5.74, 6) is -0.230. The minimum absolute atomic E-state index is 0.0991. The van der Waals surface area contributed by atoms with Crippen LogP contribution in [0.2, 0.25) is 0 Å². The molecule has 31 heavy (non-hydrogen) atoms. The topological polar surface area (TPSA) is 112 Å². The summed E-state index contributed by atoms with van der Waals surface area (Å²) in [5.41, 5.74) is 4.15. The summed E-state index contributed by atoms with van der Waals surface area (Å²) in [7, 11) is 0. The average molecular weight is 456 g/mol. The minimum Gasteiger partial charge on any atom is -0.314 e. The number of thiazole rings is 2. The third-order valence-corrected chi connectivity index (χ3v) is 7.12. The SMILES string of the molecule is O=C(CCCO[N+](=O)[O-])Nc1nc2c(s1)CCc1c-2sc2nc(-c3ccccc3)cn12. The van der Waals surface area contributed by atoms with Crippen LogP contribution in [0.4, 0.5) is 5.13 Å². The number of imidazole rings is 1. The predicted molar refractivity (Wildman–Crippen MR) is 118 cm³/mol. The van der Waals surface area contributed by atoms with Gasteiger partial charge in [0.05, 0.1) is 22.9 Å². The molecule has 3 heterocycles. The van der Waals surface area contributed by atoms with Gasteiger partial charge in [-0.15, -0.1) is 21.5 Å². The Morgan fingerprint density at radius 2 is 2.06 bits per heavy atom. The molecule has 11 heteroatoms. The first-order valence-corrected chi connectivity index (χ1v) is 11.3. The highest BCUT2D eigenvalue weighted by Crippen LogP contribution is 2.43. The lowest BCUT2D eigenvalue weighted by atomic mass is 10.1. The predicted octanol–water partition coefficient (Wildman–Crippen LogP) is 4.21. The van der Waals surface area contributed by atoms with Gasteiger partial charge in [0.15, 0.2) is 10.1 Å². The number of fused-ring (bicyclic) bond motifs is 5. The molecule has 0 bridgehead atoms. The van der Waals surface area contributed by atoms with Gasteiger partial charge < -0.3 is 10.2 Å². The van der Waals surface area contributed by atoms with Gasteiger partial charge in [-0.2, -0.15) is 0 Å². The molecule has 1 amide bonds. The summed E-state index contributed by atoms with van der Waals surface area (Å²) in [4.78, 5) is 39.1. The second kappa shape index (κ2) is 8.08. The molecule has 1 aliphatic rings. The molecule has 1 aromatic carbocycles. The van der Waals surface area contributed by atoms with Crippen LogP contribution in [-0.2, 0) is 22.5 Å². The molecule has 9 nitrogen and oxygen atoms in total. The van der Waals surface area contributed by atoms with Crippen molar-refractivity contribution in [3.63, 3.8) is 0 Å². The third-order valence-electron chi connectivity index (χ3n) is 4.98. The Bertz CT molecular complexity index is 1280. The van der Waals surface area contributed by atoms with E-state index in [4.69, 9.17) is 4.98 Å². The van der Waals surface area contributed by atoms with Crippen molar-refractivity contribution in [1.82, 2.24) is 14.4 Å². The van der Waals surface area contributed by atoms with Crippen LogP contribution in [0.5, 0.6) is 0 Å². The summed E-state index contributed by atoms with van der Waals surface area (Å²) in [6, 6.07) is 10.1. The Morgan fingerprint density at radius 1 is 1.23 bits per heavy atom. The standard InChI is InChI=1S/C20H17N5O4S2/c26-16(7-4-10-29-25(27)28)22-19-23-17-15(30-19)9-8-14-18(17)31-20-21-13(11-24(14)20)12-5-2-1-3-6-12/h1-3,5-6,11H,4,7-10H2,(H,22,23,26). The van der Waals surface area contributed by atoms with Gasteiger partial charge in [-0.05, 0) is 19.3 Å². The number of amides is 1. The van der Waals surface area contributed by atoms with Crippen molar-refractivity contribution in [2.24, 2.45) is 0 Å². The molecular weight excluding hydrogens is 438 g/mol. The fourth-order valence-corrected chi connectivity index (χ4v) is 5.81. The van der Waals surface area contributed by atoms with E-state index in [2.05, 4.69) is 37.9 Å². The molecule has 0 saturated heterocycles. The van der Waals surface area contributed by atoms with Crippen molar-refractivity contribution in [3.05, 3.63) is 57.2 Å². The number of anilines is 1. The lowest BCUT2D eigenvalue weighted by molar-refractivity contribution is -0.757. The van der Waals surface area contributed by atoms with Crippen molar-refractivity contribution < 1.29 is 14.7 Å². The number of nitrogens with one attached hydrogen (secondary N) is 1. The van der Waals surface area contributed by atoms with E-state index in [0.717, 1.165) is 44.5 Å². The van der Waals surface area contributed by atoms with Crippen LogP contribution in [0.3, 0.4) is 0 Å². The monoisotopic (exact) mass is 455 g/mol. The molecule has 4 aromatic rings. The highest BCUT2D eigenvalue weighted by atomic mass is 32.1. The fraction of sp³-hybridized carbons (Fsp3) is 0.250. The Kier molecular flexibility index (Phi) is 5.12. The third kappa shape index (κ3) is 3.89. The zero-order chi connectivity index (χ0) is 21.4. The highest BCUT2D eigenvalue weighted by Gasteiger charge is 2.26. The second-order valence-corrected chi connectivity index (χ2v) is 9.08.